The normalized spacial score (nSPS) is 16.2. The average molecular weight is 453 g/mol. The molecule has 0 unspecified atom stereocenters. The first kappa shape index (κ1) is 22.4. The van der Waals surface area contributed by atoms with Crippen molar-refractivity contribution in [3.05, 3.63) is 41.1 Å². The van der Waals surface area contributed by atoms with Crippen LogP contribution in [0.25, 0.3) is 17.5 Å². The molecule has 1 fully saturated rings. The Balaban J connectivity index is 1.82. The van der Waals surface area contributed by atoms with Crippen molar-refractivity contribution in [3.63, 3.8) is 0 Å². The van der Waals surface area contributed by atoms with Crippen molar-refractivity contribution in [2.75, 3.05) is 64.6 Å². The van der Waals surface area contributed by atoms with Crippen LogP contribution in [0.3, 0.4) is 0 Å². The highest BCUT2D eigenvalue weighted by Crippen LogP contribution is 2.39. The van der Waals surface area contributed by atoms with Crippen LogP contribution in [0.4, 0.5) is 5.82 Å². The number of hydrogen-bond acceptors (Lipinski definition) is 9. The molecular weight excluding hydrogens is 424 g/mol. The molecule has 1 aromatic heterocycles. The van der Waals surface area contributed by atoms with Gasteiger partial charge in [0.1, 0.15) is 5.82 Å². The molecule has 0 atom stereocenters. The SMILES string of the molecule is CN/N=C\c1ccccc1-c1nc2c(c(N3CCOCC3)n1)SCC(C(=O)CN(C)C)=C2. The molecule has 0 radical (unpaired) electrons. The third-order valence-electron chi connectivity index (χ3n) is 5.22. The molecule has 0 spiro atoms. The van der Waals surface area contributed by atoms with E-state index in [9.17, 15) is 4.79 Å². The van der Waals surface area contributed by atoms with E-state index in [0.717, 1.165) is 46.2 Å². The standard InChI is InChI=1S/C23H28N6O2S/c1-24-25-13-16-6-4-5-7-18(16)22-26-19-12-17(20(30)14-28(2)3)15-32-21(19)23(27-22)29-8-10-31-11-9-29/h4-7,12-13,24H,8-11,14-15H2,1-3H3/b25-13-. The third kappa shape index (κ3) is 5.01. The minimum absolute atomic E-state index is 0.128. The predicted octanol–water partition coefficient (Wildman–Crippen LogP) is 2.15. The number of carbonyl (C=O) groups excluding carboxylic acids is 1. The van der Waals surface area contributed by atoms with Crippen molar-refractivity contribution in [2.45, 2.75) is 4.90 Å². The smallest absolute Gasteiger partial charge is 0.173 e. The number of thioether (sulfide) groups is 1. The van der Waals surface area contributed by atoms with Gasteiger partial charge in [-0.25, -0.2) is 9.97 Å². The van der Waals surface area contributed by atoms with E-state index < -0.39 is 0 Å². The number of Topliss-reactive ketones (excluding diaryl/α,β-unsaturated/α-hetero) is 1. The Hall–Kier alpha value is -2.75. The molecule has 9 heteroatoms. The van der Waals surface area contributed by atoms with Crippen LogP contribution in [-0.2, 0) is 9.53 Å². The minimum atomic E-state index is 0.128. The lowest BCUT2D eigenvalue weighted by atomic mass is 10.1. The topological polar surface area (TPSA) is 83.0 Å². The van der Waals surface area contributed by atoms with Gasteiger partial charge in [0.05, 0.1) is 36.6 Å². The quantitative estimate of drug-likeness (QED) is 0.506. The number of morpholine rings is 1. The Morgan fingerprint density at radius 1 is 1.28 bits per heavy atom. The number of rotatable bonds is 7. The molecule has 1 aromatic carbocycles. The van der Waals surface area contributed by atoms with Gasteiger partial charge in [0.15, 0.2) is 11.6 Å². The van der Waals surface area contributed by atoms with Crippen LogP contribution in [0.15, 0.2) is 39.8 Å². The molecule has 0 amide bonds. The Labute approximate surface area is 192 Å². The second kappa shape index (κ2) is 10.2. The molecule has 2 aliphatic heterocycles. The molecule has 168 valence electrons. The number of hydrazone groups is 1. The summed E-state index contributed by atoms with van der Waals surface area (Å²) in [6.45, 7) is 3.30. The van der Waals surface area contributed by atoms with E-state index in [0.29, 0.717) is 31.3 Å². The highest BCUT2D eigenvalue weighted by molar-refractivity contribution is 7.99. The third-order valence-corrected chi connectivity index (χ3v) is 6.36. The van der Waals surface area contributed by atoms with E-state index >= 15 is 0 Å². The maximum Gasteiger partial charge on any atom is 0.173 e. The fourth-order valence-corrected chi connectivity index (χ4v) is 4.76. The predicted molar refractivity (Wildman–Crippen MR) is 129 cm³/mol. The van der Waals surface area contributed by atoms with Gasteiger partial charge in [0, 0.05) is 42.6 Å². The van der Waals surface area contributed by atoms with E-state index in [4.69, 9.17) is 14.7 Å². The fourth-order valence-electron chi connectivity index (χ4n) is 3.66. The second-order valence-corrected chi connectivity index (χ2v) is 8.86. The largest absolute Gasteiger partial charge is 0.378 e. The Kier molecular flexibility index (Phi) is 7.19. The molecule has 0 saturated carbocycles. The van der Waals surface area contributed by atoms with Gasteiger partial charge in [0.2, 0.25) is 0 Å². The zero-order valence-electron chi connectivity index (χ0n) is 18.7. The van der Waals surface area contributed by atoms with E-state index in [1.54, 1.807) is 25.0 Å². The number of nitrogens with zero attached hydrogens (tertiary/aromatic N) is 5. The van der Waals surface area contributed by atoms with Crippen LogP contribution in [0, 0.1) is 0 Å². The van der Waals surface area contributed by atoms with Gasteiger partial charge in [-0.3, -0.25) is 4.79 Å². The first-order valence-corrected chi connectivity index (χ1v) is 11.6. The summed E-state index contributed by atoms with van der Waals surface area (Å²) >= 11 is 1.64. The molecule has 3 heterocycles. The van der Waals surface area contributed by atoms with E-state index in [2.05, 4.69) is 15.4 Å². The maximum absolute atomic E-state index is 12.7. The van der Waals surface area contributed by atoms with E-state index in [1.807, 2.05) is 49.3 Å². The molecule has 1 saturated heterocycles. The average Bonchev–Trinajstić information content (AvgIpc) is 2.82. The first-order chi connectivity index (χ1) is 15.6. The first-order valence-electron chi connectivity index (χ1n) is 10.6. The summed E-state index contributed by atoms with van der Waals surface area (Å²) in [5.41, 5.74) is 6.21. The van der Waals surface area contributed by atoms with Gasteiger partial charge in [-0.05, 0) is 20.2 Å². The van der Waals surface area contributed by atoms with E-state index in [-0.39, 0.29) is 5.78 Å². The van der Waals surface area contributed by atoms with Crippen LogP contribution >= 0.6 is 11.8 Å². The summed E-state index contributed by atoms with van der Waals surface area (Å²) in [4.78, 5) is 27.8. The van der Waals surface area contributed by atoms with Crippen molar-refractivity contribution >= 4 is 35.7 Å². The fraction of sp³-hybridized carbons (Fsp3) is 0.391. The van der Waals surface area contributed by atoms with E-state index in [1.165, 1.54) is 0 Å². The van der Waals surface area contributed by atoms with Crippen LogP contribution < -0.4 is 10.3 Å². The zero-order valence-corrected chi connectivity index (χ0v) is 19.5. The maximum atomic E-state index is 12.7. The Morgan fingerprint density at radius 2 is 2.06 bits per heavy atom. The molecule has 0 bridgehead atoms. The van der Waals surface area contributed by atoms with Gasteiger partial charge in [0.25, 0.3) is 0 Å². The molecule has 2 aliphatic rings. The van der Waals surface area contributed by atoms with Crippen molar-refractivity contribution in [2.24, 2.45) is 5.10 Å². The van der Waals surface area contributed by atoms with Gasteiger partial charge in [-0.1, -0.05) is 24.3 Å². The number of hydrogen-bond donors (Lipinski definition) is 1. The number of nitrogens with one attached hydrogen (secondary N) is 1. The summed E-state index contributed by atoms with van der Waals surface area (Å²) in [5, 5.41) is 4.17. The summed E-state index contributed by atoms with van der Waals surface area (Å²) in [6, 6.07) is 7.93. The number of benzene rings is 1. The monoisotopic (exact) mass is 452 g/mol. The summed E-state index contributed by atoms with van der Waals surface area (Å²) < 4.78 is 5.55. The van der Waals surface area contributed by atoms with Crippen molar-refractivity contribution in [3.8, 4) is 11.4 Å². The number of likely N-dealkylation sites (N-methyl/N-ethyl adjacent to an activating group) is 1. The number of anilines is 1. The lowest BCUT2D eigenvalue weighted by Crippen LogP contribution is -2.37. The molecular formula is C23H28N6O2S. The number of ketones is 1. The number of carbonyl (C=O) groups is 1. The van der Waals surface area contributed by atoms with Crippen molar-refractivity contribution in [1.29, 1.82) is 0 Å². The minimum Gasteiger partial charge on any atom is -0.378 e. The van der Waals surface area contributed by atoms with Crippen LogP contribution in [0.5, 0.6) is 0 Å². The zero-order chi connectivity index (χ0) is 22.5. The Morgan fingerprint density at radius 3 is 2.81 bits per heavy atom. The highest BCUT2D eigenvalue weighted by Gasteiger charge is 2.26. The van der Waals surface area contributed by atoms with Gasteiger partial charge in [-0.15, -0.1) is 11.8 Å². The number of aromatic nitrogens is 2. The van der Waals surface area contributed by atoms with Crippen LogP contribution in [-0.4, -0.2) is 86.6 Å². The lowest BCUT2D eigenvalue weighted by molar-refractivity contribution is -0.116. The van der Waals surface area contributed by atoms with Crippen molar-refractivity contribution < 1.29 is 9.53 Å². The molecule has 0 aliphatic carbocycles. The molecule has 2 aromatic rings. The van der Waals surface area contributed by atoms with Gasteiger partial charge < -0.3 is 20.0 Å². The molecule has 8 nitrogen and oxygen atoms in total. The number of ether oxygens (including phenoxy) is 1. The van der Waals surface area contributed by atoms with Crippen LogP contribution in [0.2, 0.25) is 0 Å². The molecule has 4 rings (SSSR count). The van der Waals surface area contributed by atoms with Crippen molar-refractivity contribution in [1.82, 2.24) is 20.3 Å². The lowest BCUT2D eigenvalue weighted by Gasteiger charge is -2.31. The summed E-state index contributed by atoms with van der Waals surface area (Å²) in [6.07, 6.45) is 3.71. The highest BCUT2D eigenvalue weighted by atomic mass is 32.2. The molecule has 1 N–H and O–H groups in total. The summed E-state index contributed by atoms with van der Waals surface area (Å²) in [7, 11) is 5.57. The summed E-state index contributed by atoms with van der Waals surface area (Å²) in [5.74, 6) is 2.30. The van der Waals surface area contributed by atoms with Crippen LogP contribution in [0.1, 0.15) is 11.3 Å². The Bertz CT molecular complexity index is 1050. The number of fused-ring (bicyclic) bond motifs is 1. The van der Waals surface area contributed by atoms with Gasteiger partial charge >= 0.3 is 0 Å². The second-order valence-electron chi connectivity index (χ2n) is 7.87. The molecule has 32 heavy (non-hydrogen) atoms. The van der Waals surface area contributed by atoms with Gasteiger partial charge in [-0.2, -0.15) is 5.10 Å².